The van der Waals surface area contributed by atoms with Crippen molar-refractivity contribution in [1.82, 2.24) is 9.97 Å². The molecule has 0 spiro atoms. The minimum Gasteiger partial charge on any atom is -0.489 e. The number of nitrogens with zero attached hydrogens (tertiary/aromatic N) is 2. The number of benzene rings is 1. The second-order valence-electron chi connectivity index (χ2n) is 7.90. The van der Waals surface area contributed by atoms with Crippen LogP contribution in [0, 0.1) is 0 Å². The van der Waals surface area contributed by atoms with Gasteiger partial charge >= 0.3 is 12.1 Å². The smallest absolute Gasteiger partial charge is 0.413 e. The molecule has 8 nitrogen and oxygen atoms in total. The Labute approximate surface area is 186 Å². The number of rotatable bonds is 7. The predicted octanol–water partition coefficient (Wildman–Crippen LogP) is 4.76. The number of amides is 1. The molecule has 32 heavy (non-hydrogen) atoms. The Kier molecular flexibility index (Phi) is 7.38. The minimum atomic E-state index is -0.651. The van der Waals surface area contributed by atoms with Crippen molar-refractivity contribution in [2.75, 3.05) is 5.32 Å². The number of ether oxygens (including phenoxy) is 3. The van der Waals surface area contributed by atoms with Crippen molar-refractivity contribution in [3.63, 3.8) is 0 Å². The molecule has 0 fully saturated rings. The van der Waals surface area contributed by atoms with Gasteiger partial charge in [0.1, 0.15) is 30.4 Å². The van der Waals surface area contributed by atoms with E-state index in [9.17, 15) is 9.59 Å². The Morgan fingerprint density at radius 3 is 2.28 bits per heavy atom. The highest BCUT2D eigenvalue weighted by molar-refractivity contribution is 5.89. The Hall–Kier alpha value is -3.94. The number of nitrogens with one attached hydrogen (secondary N) is 1. The van der Waals surface area contributed by atoms with Gasteiger partial charge in [0.2, 0.25) is 0 Å². The zero-order valence-electron chi connectivity index (χ0n) is 18.2. The first-order chi connectivity index (χ1) is 15.3. The number of carbonyl (C=O) groups is 2. The molecule has 8 heteroatoms. The van der Waals surface area contributed by atoms with Gasteiger partial charge in [0.15, 0.2) is 5.69 Å². The molecule has 3 rings (SSSR count). The molecule has 0 aliphatic carbocycles. The lowest BCUT2D eigenvalue weighted by Gasteiger charge is -2.19. The van der Waals surface area contributed by atoms with Crippen LogP contribution in [0.3, 0.4) is 0 Å². The summed E-state index contributed by atoms with van der Waals surface area (Å²) in [5.74, 6) is 0.305. The van der Waals surface area contributed by atoms with Crippen LogP contribution in [0.1, 0.15) is 42.4 Å². The highest BCUT2D eigenvalue weighted by atomic mass is 16.6. The van der Waals surface area contributed by atoms with Crippen LogP contribution in [0.15, 0.2) is 67.0 Å². The number of carbonyl (C=O) groups excluding carboxylic acids is 2. The van der Waals surface area contributed by atoms with Crippen LogP contribution in [0.4, 0.5) is 10.6 Å². The van der Waals surface area contributed by atoms with Crippen molar-refractivity contribution in [1.29, 1.82) is 0 Å². The second-order valence-corrected chi connectivity index (χ2v) is 7.90. The van der Waals surface area contributed by atoms with Crippen LogP contribution >= 0.6 is 0 Å². The van der Waals surface area contributed by atoms with Gasteiger partial charge in [-0.3, -0.25) is 10.3 Å². The lowest BCUT2D eigenvalue weighted by atomic mass is 10.2. The zero-order valence-corrected chi connectivity index (χ0v) is 18.2. The fraction of sp³-hybridized carbons (Fsp3) is 0.250. The minimum absolute atomic E-state index is 0.0782. The zero-order chi connectivity index (χ0) is 23.0. The van der Waals surface area contributed by atoms with Crippen molar-refractivity contribution >= 4 is 17.9 Å². The first-order valence-corrected chi connectivity index (χ1v) is 10.0. The summed E-state index contributed by atoms with van der Waals surface area (Å²) < 4.78 is 16.2. The average molecular weight is 435 g/mol. The van der Waals surface area contributed by atoms with Gasteiger partial charge in [-0.25, -0.2) is 14.6 Å². The molecule has 0 bridgehead atoms. The largest absolute Gasteiger partial charge is 0.489 e. The summed E-state index contributed by atoms with van der Waals surface area (Å²) in [5, 5.41) is 2.50. The summed E-state index contributed by atoms with van der Waals surface area (Å²) >= 11 is 0. The summed E-state index contributed by atoms with van der Waals surface area (Å²) in [7, 11) is 0. The molecule has 0 saturated heterocycles. The van der Waals surface area contributed by atoms with E-state index in [2.05, 4.69) is 15.3 Å². The number of aromatic nitrogens is 2. The third kappa shape index (κ3) is 7.39. The summed E-state index contributed by atoms with van der Waals surface area (Å²) in [6.07, 6.45) is 2.78. The van der Waals surface area contributed by atoms with E-state index in [4.69, 9.17) is 14.2 Å². The van der Waals surface area contributed by atoms with Crippen LogP contribution in [-0.2, 0) is 22.7 Å². The van der Waals surface area contributed by atoms with Crippen LogP contribution in [0.5, 0.6) is 5.75 Å². The Morgan fingerprint density at radius 2 is 1.59 bits per heavy atom. The molecule has 0 unspecified atom stereocenters. The van der Waals surface area contributed by atoms with Crippen LogP contribution in [0.25, 0.3) is 0 Å². The van der Waals surface area contributed by atoms with E-state index in [0.29, 0.717) is 12.4 Å². The molecule has 0 saturated carbocycles. The summed E-state index contributed by atoms with van der Waals surface area (Å²) in [6.45, 7) is 5.79. The molecule has 0 aliphatic heterocycles. The number of pyridine rings is 2. The highest BCUT2D eigenvalue weighted by Gasteiger charge is 2.17. The molecule has 2 heterocycles. The fourth-order valence-corrected chi connectivity index (χ4v) is 2.58. The number of anilines is 1. The molecule has 1 aromatic carbocycles. The van der Waals surface area contributed by atoms with Gasteiger partial charge < -0.3 is 14.2 Å². The van der Waals surface area contributed by atoms with E-state index in [1.165, 1.54) is 6.07 Å². The number of hydrogen-bond donors (Lipinski definition) is 1. The molecular formula is C24H25N3O5. The van der Waals surface area contributed by atoms with Crippen LogP contribution in [-0.4, -0.2) is 27.6 Å². The van der Waals surface area contributed by atoms with Crippen molar-refractivity contribution in [3.05, 3.63) is 83.8 Å². The topological polar surface area (TPSA) is 99.6 Å². The maximum atomic E-state index is 12.4. The van der Waals surface area contributed by atoms with E-state index in [1.807, 2.05) is 36.4 Å². The van der Waals surface area contributed by atoms with E-state index < -0.39 is 17.7 Å². The number of esters is 1. The van der Waals surface area contributed by atoms with Crippen molar-refractivity contribution in [3.8, 4) is 5.75 Å². The first-order valence-electron chi connectivity index (χ1n) is 10.0. The van der Waals surface area contributed by atoms with Gasteiger partial charge in [0.25, 0.3) is 0 Å². The van der Waals surface area contributed by atoms with Gasteiger partial charge in [0.05, 0.1) is 0 Å². The molecule has 3 aromatic rings. The quantitative estimate of drug-likeness (QED) is 0.534. The highest BCUT2D eigenvalue weighted by Crippen LogP contribution is 2.16. The lowest BCUT2D eigenvalue weighted by Crippen LogP contribution is -2.27. The molecule has 0 radical (unpaired) electrons. The monoisotopic (exact) mass is 435 g/mol. The van der Waals surface area contributed by atoms with Crippen LogP contribution in [0.2, 0.25) is 0 Å². The van der Waals surface area contributed by atoms with Gasteiger partial charge in [-0.15, -0.1) is 0 Å². The summed E-state index contributed by atoms with van der Waals surface area (Å²) in [5.41, 5.74) is 1.27. The van der Waals surface area contributed by atoms with E-state index >= 15 is 0 Å². The molecule has 2 aromatic heterocycles. The van der Waals surface area contributed by atoms with E-state index in [-0.39, 0.29) is 18.1 Å². The molecular weight excluding hydrogens is 410 g/mol. The van der Waals surface area contributed by atoms with Gasteiger partial charge in [0, 0.05) is 12.4 Å². The molecule has 166 valence electrons. The molecule has 1 amide bonds. The van der Waals surface area contributed by atoms with Crippen LogP contribution < -0.4 is 10.1 Å². The van der Waals surface area contributed by atoms with E-state index in [0.717, 1.165) is 11.1 Å². The maximum absolute atomic E-state index is 12.4. The number of hydrogen-bond acceptors (Lipinski definition) is 7. The molecule has 0 atom stereocenters. The van der Waals surface area contributed by atoms with E-state index in [1.54, 1.807) is 45.3 Å². The first kappa shape index (κ1) is 22.7. The Bertz CT molecular complexity index is 1050. The fourth-order valence-electron chi connectivity index (χ4n) is 2.58. The molecule has 0 aliphatic rings. The predicted molar refractivity (Wildman–Crippen MR) is 118 cm³/mol. The van der Waals surface area contributed by atoms with Crippen molar-refractivity contribution < 1.29 is 23.8 Å². The van der Waals surface area contributed by atoms with Gasteiger partial charge in [-0.05, 0) is 68.3 Å². The van der Waals surface area contributed by atoms with Gasteiger partial charge in [-0.2, -0.15) is 0 Å². The SMILES string of the molecule is CC(C)(C)OC(=O)Nc1cccc(C(=O)OCc2ccc(OCc3ccncc3)cc2)n1. The Morgan fingerprint density at radius 1 is 0.906 bits per heavy atom. The Balaban J connectivity index is 1.50. The lowest BCUT2D eigenvalue weighted by molar-refractivity contribution is 0.0464. The van der Waals surface area contributed by atoms with Gasteiger partial charge in [-0.1, -0.05) is 18.2 Å². The normalized spacial score (nSPS) is 10.8. The van der Waals surface area contributed by atoms with Crippen molar-refractivity contribution in [2.24, 2.45) is 0 Å². The summed E-state index contributed by atoms with van der Waals surface area (Å²) in [4.78, 5) is 32.3. The standard InChI is InChI=1S/C24H25N3O5/c1-24(2,3)32-23(29)27-21-6-4-5-20(26-21)22(28)31-16-17-7-9-19(10-8-17)30-15-18-11-13-25-14-12-18/h4-14H,15-16H2,1-3H3,(H,26,27,29). The third-order valence-corrected chi connectivity index (χ3v) is 4.04. The third-order valence-electron chi connectivity index (χ3n) is 4.04. The maximum Gasteiger partial charge on any atom is 0.413 e. The summed E-state index contributed by atoms with van der Waals surface area (Å²) in [6, 6.07) is 15.7. The second kappa shape index (κ2) is 10.4. The average Bonchev–Trinajstić information content (AvgIpc) is 2.76. The molecule has 1 N–H and O–H groups in total. The van der Waals surface area contributed by atoms with Crippen molar-refractivity contribution in [2.45, 2.75) is 39.6 Å².